The first-order valence-electron chi connectivity index (χ1n) is 9.99. The summed E-state index contributed by atoms with van der Waals surface area (Å²) in [5.41, 5.74) is 1.62. The molecule has 29 heavy (non-hydrogen) atoms. The molecule has 1 atom stereocenters. The third kappa shape index (κ3) is 3.65. The average Bonchev–Trinajstić information content (AvgIpc) is 2.95. The minimum atomic E-state index is -1.08. The van der Waals surface area contributed by atoms with Gasteiger partial charge in [-0.15, -0.1) is 0 Å². The van der Waals surface area contributed by atoms with E-state index in [1.54, 1.807) is 23.1 Å². The van der Waals surface area contributed by atoms with Gasteiger partial charge in [-0.3, -0.25) is 4.79 Å². The predicted molar refractivity (Wildman–Crippen MR) is 108 cm³/mol. The quantitative estimate of drug-likeness (QED) is 0.681. The number of fused-ring (bicyclic) bond motifs is 1. The SMILES string of the molecule is CCc1c(C(=O)N2CCC[C@@](O)(c3ccc(F)cc3)CC2)[nH]c2ccc(F)cc12. The van der Waals surface area contributed by atoms with Crippen LogP contribution in [0.5, 0.6) is 0 Å². The van der Waals surface area contributed by atoms with Crippen LogP contribution >= 0.6 is 0 Å². The second-order valence-electron chi connectivity index (χ2n) is 7.71. The van der Waals surface area contributed by atoms with E-state index in [1.807, 2.05) is 6.92 Å². The molecule has 0 radical (unpaired) electrons. The third-order valence-electron chi connectivity index (χ3n) is 5.92. The normalized spacial score (nSPS) is 20.1. The van der Waals surface area contributed by atoms with Crippen molar-refractivity contribution in [3.63, 3.8) is 0 Å². The standard InChI is InChI=1S/C23H24F2N2O2/c1-2-18-19-14-17(25)8-9-20(19)26-21(18)22(28)27-12-3-10-23(29,11-13-27)15-4-6-16(24)7-5-15/h4-9,14,26,29H,2-3,10-13H2,1H3/t23-/m0/s1. The number of hydrogen-bond acceptors (Lipinski definition) is 2. The van der Waals surface area contributed by atoms with Crippen LogP contribution in [0.1, 0.15) is 47.8 Å². The molecule has 1 aliphatic rings. The topological polar surface area (TPSA) is 56.3 Å². The zero-order valence-corrected chi connectivity index (χ0v) is 16.3. The number of aryl methyl sites for hydroxylation is 1. The van der Waals surface area contributed by atoms with E-state index in [9.17, 15) is 18.7 Å². The van der Waals surface area contributed by atoms with E-state index in [0.29, 0.717) is 50.0 Å². The maximum atomic E-state index is 13.7. The van der Waals surface area contributed by atoms with Crippen LogP contribution in [0.25, 0.3) is 10.9 Å². The lowest BCUT2D eigenvalue weighted by Gasteiger charge is -2.27. The Bertz CT molecular complexity index is 1040. The Morgan fingerprint density at radius 2 is 1.83 bits per heavy atom. The Morgan fingerprint density at radius 1 is 1.10 bits per heavy atom. The minimum absolute atomic E-state index is 0.137. The number of rotatable bonds is 3. The first-order valence-corrected chi connectivity index (χ1v) is 9.99. The molecule has 1 fully saturated rings. The van der Waals surface area contributed by atoms with Crippen molar-refractivity contribution in [1.29, 1.82) is 0 Å². The molecule has 0 saturated carbocycles. The number of benzene rings is 2. The molecule has 1 aromatic heterocycles. The molecule has 2 aromatic carbocycles. The van der Waals surface area contributed by atoms with Gasteiger partial charge < -0.3 is 15.0 Å². The van der Waals surface area contributed by atoms with Gasteiger partial charge in [0.05, 0.1) is 5.60 Å². The van der Waals surface area contributed by atoms with Crippen LogP contribution in [0.15, 0.2) is 42.5 Å². The number of hydrogen-bond donors (Lipinski definition) is 2. The maximum absolute atomic E-state index is 13.7. The molecule has 0 unspecified atom stereocenters. The fraction of sp³-hybridized carbons (Fsp3) is 0.348. The van der Waals surface area contributed by atoms with Crippen molar-refractivity contribution in [3.8, 4) is 0 Å². The van der Waals surface area contributed by atoms with Gasteiger partial charge in [-0.25, -0.2) is 8.78 Å². The Labute approximate surface area is 168 Å². The average molecular weight is 398 g/mol. The molecular weight excluding hydrogens is 374 g/mol. The zero-order chi connectivity index (χ0) is 20.6. The summed E-state index contributed by atoms with van der Waals surface area (Å²) >= 11 is 0. The Morgan fingerprint density at radius 3 is 2.55 bits per heavy atom. The first-order chi connectivity index (χ1) is 13.9. The minimum Gasteiger partial charge on any atom is -0.385 e. The van der Waals surface area contributed by atoms with Gasteiger partial charge in [0.25, 0.3) is 5.91 Å². The summed E-state index contributed by atoms with van der Waals surface area (Å²) < 4.78 is 26.9. The number of aliphatic hydroxyl groups is 1. The fourth-order valence-electron chi connectivity index (χ4n) is 4.30. The Hall–Kier alpha value is -2.73. The summed E-state index contributed by atoms with van der Waals surface area (Å²) in [6, 6.07) is 10.4. The van der Waals surface area contributed by atoms with Gasteiger partial charge in [0.2, 0.25) is 0 Å². The van der Waals surface area contributed by atoms with Crippen LogP contribution < -0.4 is 0 Å². The number of likely N-dealkylation sites (tertiary alicyclic amines) is 1. The van der Waals surface area contributed by atoms with Crippen LogP contribution in [0.3, 0.4) is 0 Å². The summed E-state index contributed by atoms with van der Waals surface area (Å²) in [4.78, 5) is 18.1. The van der Waals surface area contributed by atoms with E-state index < -0.39 is 5.60 Å². The number of halogens is 2. The second kappa shape index (κ2) is 7.59. The smallest absolute Gasteiger partial charge is 0.270 e. The summed E-state index contributed by atoms with van der Waals surface area (Å²) in [7, 11) is 0. The van der Waals surface area contributed by atoms with E-state index in [2.05, 4.69) is 4.98 Å². The highest BCUT2D eigenvalue weighted by Crippen LogP contribution is 2.34. The van der Waals surface area contributed by atoms with Crippen LogP contribution in [0.4, 0.5) is 8.78 Å². The van der Waals surface area contributed by atoms with E-state index in [0.717, 1.165) is 16.5 Å². The molecule has 1 amide bonds. The molecule has 0 aliphatic carbocycles. The van der Waals surface area contributed by atoms with Gasteiger partial charge in [-0.2, -0.15) is 0 Å². The molecule has 4 nitrogen and oxygen atoms in total. The van der Waals surface area contributed by atoms with Crippen molar-refractivity contribution in [1.82, 2.24) is 9.88 Å². The van der Waals surface area contributed by atoms with Crippen molar-refractivity contribution < 1.29 is 18.7 Å². The monoisotopic (exact) mass is 398 g/mol. The zero-order valence-electron chi connectivity index (χ0n) is 16.3. The lowest BCUT2D eigenvalue weighted by molar-refractivity contribution is 0.0212. The second-order valence-corrected chi connectivity index (χ2v) is 7.71. The number of aromatic nitrogens is 1. The Balaban J connectivity index is 1.59. The van der Waals surface area contributed by atoms with E-state index >= 15 is 0 Å². The maximum Gasteiger partial charge on any atom is 0.270 e. The molecule has 4 rings (SSSR count). The third-order valence-corrected chi connectivity index (χ3v) is 5.92. The number of amides is 1. The van der Waals surface area contributed by atoms with Gasteiger partial charge in [0.15, 0.2) is 0 Å². The van der Waals surface area contributed by atoms with E-state index in [1.165, 1.54) is 24.3 Å². The van der Waals surface area contributed by atoms with E-state index in [4.69, 9.17) is 0 Å². The summed E-state index contributed by atoms with van der Waals surface area (Å²) in [5.74, 6) is -0.809. The highest BCUT2D eigenvalue weighted by atomic mass is 19.1. The molecule has 6 heteroatoms. The first kappa shape index (κ1) is 19.6. The molecule has 1 saturated heterocycles. The van der Waals surface area contributed by atoms with Crippen molar-refractivity contribution in [3.05, 3.63) is 70.9 Å². The molecule has 0 bridgehead atoms. The molecular formula is C23H24F2N2O2. The fourth-order valence-corrected chi connectivity index (χ4v) is 4.30. The largest absolute Gasteiger partial charge is 0.385 e. The molecule has 3 aromatic rings. The van der Waals surface area contributed by atoms with Crippen LogP contribution in [0.2, 0.25) is 0 Å². The molecule has 152 valence electrons. The van der Waals surface area contributed by atoms with Crippen molar-refractivity contribution in [2.45, 2.75) is 38.2 Å². The van der Waals surface area contributed by atoms with Crippen molar-refractivity contribution >= 4 is 16.8 Å². The molecule has 1 aliphatic heterocycles. The van der Waals surface area contributed by atoms with Gasteiger partial charge in [-0.05, 0) is 67.1 Å². The highest BCUT2D eigenvalue weighted by Gasteiger charge is 2.34. The number of H-pyrrole nitrogens is 1. The number of nitrogens with one attached hydrogen (secondary N) is 1. The summed E-state index contributed by atoms with van der Waals surface area (Å²) in [6.07, 6.45) is 2.12. The number of carbonyl (C=O) groups is 1. The number of nitrogens with zero attached hydrogens (tertiary/aromatic N) is 1. The lowest BCUT2D eigenvalue weighted by atomic mass is 9.87. The number of carbonyl (C=O) groups excluding carboxylic acids is 1. The van der Waals surface area contributed by atoms with Gasteiger partial charge in [-0.1, -0.05) is 19.1 Å². The van der Waals surface area contributed by atoms with Crippen molar-refractivity contribution in [2.75, 3.05) is 13.1 Å². The van der Waals surface area contributed by atoms with Crippen LogP contribution in [-0.2, 0) is 12.0 Å². The van der Waals surface area contributed by atoms with Gasteiger partial charge in [0, 0.05) is 24.0 Å². The van der Waals surface area contributed by atoms with Gasteiger partial charge in [0.1, 0.15) is 17.3 Å². The van der Waals surface area contributed by atoms with Crippen LogP contribution in [-0.4, -0.2) is 34.0 Å². The summed E-state index contributed by atoms with van der Waals surface area (Å²) in [6.45, 7) is 2.86. The highest BCUT2D eigenvalue weighted by molar-refractivity contribution is 6.01. The van der Waals surface area contributed by atoms with E-state index in [-0.39, 0.29) is 17.5 Å². The lowest BCUT2D eigenvalue weighted by Crippen LogP contribution is -2.34. The predicted octanol–water partition coefficient (Wildman–Crippen LogP) is 4.52. The molecule has 0 spiro atoms. The van der Waals surface area contributed by atoms with Crippen molar-refractivity contribution in [2.24, 2.45) is 0 Å². The number of aromatic amines is 1. The molecule has 2 N–H and O–H groups in total. The van der Waals surface area contributed by atoms with Crippen LogP contribution in [0, 0.1) is 11.6 Å². The van der Waals surface area contributed by atoms with Gasteiger partial charge >= 0.3 is 0 Å². The summed E-state index contributed by atoms with van der Waals surface area (Å²) in [5, 5.41) is 11.8. The Kier molecular flexibility index (Phi) is 5.13. The molecule has 2 heterocycles.